The van der Waals surface area contributed by atoms with Gasteiger partial charge in [0.15, 0.2) is 0 Å². The van der Waals surface area contributed by atoms with Crippen molar-refractivity contribution in [2.24, 2.45) is 11.7 Å². The monoisotopic (exact) mass is 224 g/mol. The van der Waals surface area contributed by atoms with Crippen LogP contribution < -0.4 is 39.4 Å². The molecule has 2 rings (SSSR count). The third-order valence-corrected chi connectivity index (χ3v) is 2.74. The fourth-order valence-electron chi connectivity index (χ4n) is 1.85. The summed E-state index contributed by atoms with van der Waals surface area (Å²) in [6.45, 7) is 1.96. The molecule has 0 aliphatic carbocycles. The SMILES string of the molecule is CCc1c(N)c(N)c(N)c2c1NN(N)N2N. The average Bonchev–Trinajstić information content (AvgIpc) is 2.53. The quantitative estimate of drug-likeness (QED) is 0.265. The number of hydrazine groups is 4. The molecule has 0 atom stereocenters. The molecule has 0 aromatic heterocycles. The molecule has 0 fully saturated rings. The van der Waals surface area contributed by atoms with Crippen molar-refractivity contribution in [1.82, 2.24) is 5.23 Å². The number of nitrogens with zero attached hydrogens (tertiary/aromatic N) is 2. The zero-order valence-corrected chi connectivity index (χ0v) is 8.99. The van der Waals surface area contributed by atoms with Crippen molar-refractivity contribution in [2.45, 2.75) is 13.3 Å². The van der Waals surface area contributed by atoms with Crippen LogP contribution in [0.5, 0.6) is 0 Å². The minimum Gasteiger partial charge on any atom is -0.397 e. The van der Waals surface area contributed by atoms with Crippen LogP contribution in [0.3, 0.4) is 0 Å². The lowest BCUT2D eigenvalue weighted by molar-refractivity contribution is 0.333. The summed E-state index contributed by atoms with van der Waals surface area (Å²) < 4.78 is 0. The molecule has 1 aromatic rings. The molecule has 0 amide bonds. The van der Waals surface area contributed by atoms with E-state index >= 15 is 0 Å². The highest BCUT2D eigenvalue weighted by molar-refractivity contribution is 5.99. The Morgan fingerprint density at radius 1 is 1.06 bits per heavy atom. The van der Waals surface area contributed by atoms with Crippen LogP contribution >= 0.6 is 0 Å². The summed E-state index contributed by atoms with van der Waals surface area (Å²) in [6, 6.07) is 0. The number of nitrogens with one attached hydrogen (secondary N) is 1. The van der Waals surface area contributed by atoms with Crippen molar-refractivity contribution in [3.63, 3.8) is 0 Å². The number of benzene rings is 1. The number of hydrogen-bond donors (Lipinski definition) is 6. The first-order valence-corrected chi connectivity index (χ1v) is 4.84. The second-order valence-electron chi connectivity index (χ2n) is 3.60. The number of nitrogens with two attached hydrogens (primary N) is 5. The summed E-state index contributed by atoms with van der Waals surface area (Å²) in [5.74, 6) is 11.3. The minimum absolute atomic E-state index is 0.327. The summed E-state index contributed by atoms with van der Waals surface area (Å²) in [5.41, 5.74) is 23.7. The van der Waals surface area contributed by atoms with Gasteiger partial charge in [0.05, 0.1) is 22.7 Å². The second-order valence-corrected chi connectivity index (χ2v) is 3.60. The second kappa shape index (κ2) is 3.30. The van der Waals surface area contributed by atoms with Gasteiger partial charge in [-0.3, -0.25) is 5.43 Å². The molecule has 11 N–H and O–H groups in total. The Kier molecular flexibility index (Phi) is 2.19. The van der Waals surface area contributed by atoms with Crippen LogP contribution in [-0.4, -0.2) is 5.23 Å². The Labute approximate surface area is 92.8 Å². The first-order valence-electron chi connectivity index (χ1n) is 4.84. The van der Waals surface area contributed by atoms with Gasteiger partial charge in [-0.15, -0.1) is 0 Å². The first kappa shape index (κ1) is 10.6. The van der Waals surface area contributed by atoms with E-state index in [1.165, 1.54) is 5.12 Å². The molecule has 0 bridgehead atoms. The Balaban J connectivity index is 2.74. The molecule has 0 radical (unpaired) electrons. The van der Waals surface area contributed by atoms with Crippen LogP contribution in [0.25, 0.3) is 0 Å². The van der Waals surface area contributed by atoms with E-state index in [4.69, 9.17) is 28.9 Å². The van der Waals surface area contributed by atoms with E-state index in [-0.39, 0.29) is 0 Å². The third-order valence-electron chi connectivity index (χ3n) is 2.74. The predicted molar refractivity (Wildman–Crippen MR) is 65.4 cm³/mol. The van der Waals surface area contributed by atoms with Crippen LogP contribution in [0.15, 0.2) is 0 Å². The molecule has 1 aromatic carbocycles. The zero-order valence-electron chi connectivity index (χ0n) is 8.99. The van der Waals surface area contributed by atoms with Crippen LogP contribution in [0.2, 0.25) is 0 Å². The van der Waals surface area contributed by atoms with E-state index in [9.17, 15) is 0 Å². The molecule has 0 unspecified atom stereocenters. The zero-order chi connectivity index (χ0) is 12.0. The molecule has 0 saturated heterocycles. The van der Waals surface area contributed by atoms with E-state index in [1.807, 2.05) is 6.92 Å². The van der Waals surface area contributed by atoms with Gasteiger partial charge in [-0.05, 0) is 6.42 Å². The maximum atomic E-state index is 5.89. The van der Waals surface area contributed by atoms with Crippen LogP contribution in [0, 0.1) is 0 Å². The molecule has 8 nitrogen and oxygen atoms in total. The lowest BCUT2D eigenvalue weighted by Gasteiger charge is -2.19. The van der Waals surface area contributed by atoms with Crippen LogP contribution in [-0.2, 0) is 6.42 Å². The molecule has 1 heterocycles. The van der Waals surface area contributed by atoms with E-state index in [1.54, 1.807) is 0 Å². The van der Waals surface area contributed by atoms with Gasteiger partial charge < -0.3 is 17.2 Å². The first-order chi connectivity index (χ1) is 7.49. The van der Waals surface area contributed by atoms with Gasteiger partial charge in [0.1, 0.15) is 5.69 Å². The largest absolute Gasteiger partial charge is 0.397 e. The molecular formula is C8H16N8. The fourth-order valence-corrected chi connectivity index (χ4v) is 1.85. The maximum absolute atomic E-state index is 5.89. The van der Waals surface area contributed by atoms with Gasteiger partial charge in [-0.1, -0.05) is 12.2 Å². The molecule has 0 saturated carbocycles. The highest BCUT2D eigenvalue weighted by Gasteiger charge is 2.30. The minimum atomic E-state index is 0.327. The summed E-state index contributed by atoms with van der Waals surface area (Å²) in [4.78, 5) is 0. The third kappa shape index (κ3) is 1.14. The number of nitrogen functional groups attached to an aromatic ring is 3. The normalized spacial score (nSPS) is 15.1. The van der Waals surface area contributed by atoms with Gasteiger partial charge >= 0.3 is 0 Å². The van der Waals surface area contributed by atoms with Crippen molar-refractivity contribution in [3.8, 4) is 0 Å². The molecule has 88 valence electrons. The predicted octanol–water partition coefficient (Wildman–Crippen LogP) is -0.893. The number of rotatable bonds is 1. The molecule has 1 aliphatic rings. The average molecular weight is 224 g/mol. The highest BCUT2D eigenvalue weighted by atomic mass is 16.0. The maximum Gasteiger partial charge on any atom is 0.123 e. The van der Waals surface area contributed by atoms with Gasteiger partial charge in [0.25, 0.3) is 0 Å². The summed E-state index contributed by atoms with van der Waals surface area (Å²) >= 11 is 0. The van der Waals surface area contributed by atoms with Crippen molar-refractivity contribution < 1.29 is 0 Å². The Morgan fingerprint density at radius 3 is 2.25 bits per heavy atom. The van der Waals surface area contributed by atoms with Crippen LogP contribution in [0.1, 0.15) is 12.5 Å². The molecule has 1 aliphatic heterocycles. The van der Waals surface area contributed by atoms with Gasteiger partial charge in [-0.25, -0.2) is 16.8 Å². The summed E-state index contributed by atoms with van der Waals surface area (Å²) in [7, 11) is 0. The summed E-state index contributed by atoms with van der Waals surface area (Å²) in [6.07, 6.45) is 0.702. The lowest BCUT2D eigenvalue weighted by atomic mass is 10.0. The van der Waals surface area contributed by atoms with Gasteiger partial charge in [-0.2, -0.15) is 0 Å². The lowest BCUT2D eigenvalue weighted by Crippen LogP contribution is -2.51. The van der Waals surface area contributed by atoms with E-state index in [0.29, 0.717) is 34.9 Å². The van der Waals surface area contributed by atoms with E-state index in [0.717, 1.165) is 10.8 Å². The van der Waals surface area contributed by atoms with Gasteiger partial charge in [0.2, 0.25) is 0 Å². The standard InChI is InChI=1S/C8H16N8/c1-2-3-4(9)5(10)6(11)8-7(3)14-16(13)15(8)12/h14H,2,9-13H2,1H3. The van der Waals surface area contributed by atoms with Crippen molar-refractivity contribution >= 4 is 28.4 Å². The molecular weight excluding hydrogens is 208 g/mol. The number of anilines is 5. The van der Waals surface area contributed by atoms with E-state index < -0.39 is 0 Å². The Bertz CT molecular complexity index is 442. The molecule has 16 heavy (non-hydrogen) atoms. The smallest absolute Gasteiger partial charge is 0.123 e. The summed E-state index contributed by atoms with van der Waals surface area (Å²) in [5, 5.41) is 2.32. The van der Waals surface area contributed by atoms with Crippen LogP contribution in [0.4, 0.5) is 28.4 Å². The molecule has 0 spiro atoms. The van der Waals surface area contributed by atoms with Crippen molar-refractivity contribution in [1.29, 1.82) is 0 Å². The van der Waals surface area contributed by atoms with Gasteiger partial charge in [0, 0.05) is 5.56 Å². The number of fused-ring (bicyclic) bond motifs is 1. The highest BCUT2D eigenvalue weighted by Crippen LogP contribution is 2.46. The molecule has 8 heteroatoms. The van der Waals surface area contributed by atoms with Crippen molar-refractivity contribution in [3.05, 3.63) is 5.56 Å². The fraction of sp³-hybridized carbons (Fsp3) is 0.250. The van der Waals surface area contributed by atoms with E-state index in [2.05, 4.69) is 5.43 Å². The Hall–Kier alpha value is -1.90. The van der Waals surface area contributed by atoms with Crippen molar-refractivity contribution in [2.75, 3.05) is 27.7 Å². The number of hydrogen-bond acceptors (Lipinski definition) is 8. The topological polar surface area (TPSA) is 149 Å². The Morgan fingerprint density at radius 2 is 1.69 bits per heavy atom.